The van der Waals surface area contributed by atoms with Gasteiger partial charge in [-0.05, 0) is 37.5 Å². The predicted molar refractivity (Wildman–Crippen MR) is 77.2 cm³/mol. The Kier molecular flexibility index (Phi) is 5.16. The quantitative estimate of drug-likeness (QED) is 0.789. The first-order chi connectivity index (χ1) is 10.0. The minimum absolute atomic E-state index is 0.142. The number of urea groups is 1. The summed E-state index contributed by atoms with van der Waals surface area (Å²) < 4.78 is 5.43. The number of carbonyl (C=O) groups is 2. The number of carboxylic acids is 1. The van der Waals surface area contributed by atoms with E-state index in [-0.39, 0.29) is 23.7 Å². The van der Waals surface area contributed by atoms with Gasteiger partial charge in [-0.25, -0.2) is 9.59 Å². The van der Waals surface area contributed by atoms with Crippen molar-refractivity contribution in [3.8, 4) is 0 Å². The van der Waals surface area contributed by atoms with E-state index in [9.17, 15) is 9.59 Å². The van der Waals surface area contributed by atoms with Crippen LogP contribution < -0.4 is 10.6 Å². The summed E-state index contributed by atoms with van der Waals surface area (Å²) in [6.45, 7) is 3.03. The molecule has 21 heavy (non-hydrogen) atoms. The molecule has 1 saturated heterocycles. The maximum atomic E-state index is 11.8. The predicted octanol–water partition coefficient (Wildman–Crippen LogP) is 1.75. The first-order valence-corrected chi connectivity index (χ1v) is 7.03. The third kappa shape index (κ3) is 4.75. The van der Waals surface area contributed by atoms with Crippen LogP contribution in [0, 0.1) is 0 Å². The van der Waals surface area contributed by atoms with Crippen molar-refractivity contribution in [2.75, 3.05) is 6.61 Å². The van der Waals surface area contributed by atoms with Crippen molar-refractivity contribution < 1.29 is 19.4 Å². The van der Waals surface area contributed by atoms with Gasteiger partial charge in [-0.15, -0.1) is 0 Å². The molecule has 2 unspecified atom stereocenters. The zero-order chi connectivity index (χ0) is 15.2. The Hall–Kier alpha value is -2.08. The molecule has 1 aliphatic rings. The van der Waals surface area contributed by atoms with E-state index in [0.29, 0.717) is 13.2 Å². The van der Waals surface area contributed by atoms with Crippen LogP contribution in [0.5, 0.6) is 0 Å². The van der Waals surface area contributed by atoms with Gasteiger partial charge >= 0.3 is 12.0 Å². The number of carboxylic acid groups (broad SMARTS) is 1. The van der Waals surface area contributed by atoms with Crippen LogP contribution in [-0.2, 0) is 11.3 Å². The second kappa shape index (κ2) is 7.08. The highest BCUT2D eigenvalue weighted by atomic mass is 16.5. The minimum atomic E-state index is -0.958. The summed E-state index contributed by atoms with van der Waals surface area (Å²) in [7, 11) is 0. The number of hydrogen-bond acceptors (Lipinski definition) is 3. The summed E-state index contributed by atoms with van der Waals surface area (Å²) in [6, 6.07) is 6.37. The van der Waals surface area contributed by atoms with Crippen molar-refractivity contribution in [1.82, 2.24) is 10.6 Å². The van der Waals surface area contributed by atoms with Gasteiger partial charge in [-0.3, -0.25) is 0 Å². The number of amides is 2. The second-order valence-electron chi connectivity index (χ2n) is 5.23. The van der Waals surface area contributed by atoms with Gasteiger partial charge in [0.1, 0.15) is 0 Å². The number of aromatic carboxylic acids is 1. The highest BCUT2D eigenvalue weighted by Gasteiger charge is 2.20. The van der Waals surface area contributed by atoms with Crippen LogP contribution in [-0.4, -0.2) is 35.9 Å². The number of benzene rings is 1. The van der Waals surface area contributed by atoms with E-state index < -0.39 is 5.97 Å². The van der Waals surface area contributed by atoms with Crippen molar-refractivity contribution in [2.45, 2.75) is 38.5 Å². The lowest BCUT2D eigenvalue weighted by Crippen LogP contribution is -2.45. The summed E-state index contributed by atoms with van der Waals surface area (Å²) in [4.78, 5) is 22.5. The first-order valence-electron chi connectivity index (χ1n) is 7.03. The Morgan fingerprint density at radius 2 is 2.05 bits per heavy atom. The molecular formula is C15H20N2O4. The second-order valence-corrected chi connectivity index (χ2v) is 5.23. The Labute approximate surface area is 123 Å². The maximum Gasteiger partial charge on any atom is 0.335 e. The summed E-state index contributed by atoms with van der Waals surface area (Å²) in [5.74, 6) is -0.958. The van der Waals surface area contributed by atoms with Crippen molar-refractivity contribution in [3.05, 3.63) is 35.4 Å². The van der Waals surface area contributed by atoms with Crippen molar-refractivity contribution in [1.29, 1.82) is 0 Å². The number of nitrogens with one attached hydrogen (secondary N) is 2. The van der Waals surface area contributed by atoms with Crippen LogP contribution in [0.1, 0.15) is 35.7 Å². The van der Waals surface area contributed by atoms with E-state index in [2.05, 4.69) is 10.6 Å². The molecule has 1 aromatic rings. The van der Waals surface area contributed by atoms with E-state index in [1.165, 1.54) is 12.1 Å². The van der Waals surface area contributed by atoms with E-state index in [0.717, 1.165) is 18.4 Å². The number of ether oxygens (including phenoxy) is 1. The monoisotopic (exact) mass is 292 g/mol. The molecule has 0 aliphatic carbocycles. The standard InChI is InChI=1S/C15H20N2O4/c1-10-8-13(6-7-21-10)17-15(20)16-9-11-2-4-12(5-3-11)14(18)19/h2-5,10,13H,6-9H2,1H3,(H,18,19)(H2,16,17,20). The molecule has 1 heterocycles. The molecule has 3 N–H and O–H groups in total. The van der Waals surface area contributed by atoms with Gasteiger partial charge in [0.05, 0.1) is 11.7 Å². The average Bonchev–Trinajstić information content (AvgIpc) is 2.45. The Morgan fingerprint density at radius 3 is 2.67 bits per heavy atom. The van der Waals surface area contributed by atoms with Crippen molar-refractivity contribution >= 4 is 12.0 Å². The third-order valence-corrected chi connectivity index (χ3v) is 3.47. The van der Waals surface area contributed by atoms with Crippen LogP contribution in [0.3, 0.4) is 0 Å². The van der Waals surface area contributed by atoms with Crippen LogP contribution in [0.25, 0.3) is 0 Å². The molecular weight excluding hydrogens is 272 g/mol. The van der Waals surface area contributed by atoms with Gasteiger partial charge in [0.2, 0.25) is 0 Å². The SMILES string of the molecule is CC1CC(NC(=O)NCc2ccc(C(=O)O)cc2)CCO1. The lowest BCUT2D eigenvalue weighted by Gasteiger charge is -2.27. The number of hydrogen-bond donors (Lipinski definition) is 3. The fourth-order valence-corrected chi connectivity index (χ4v) is 2.31. The first kappa shape index (κ1) is 15.3. The average molecular weight is 292 g/mol. The molecule has 0 bridgehead atoms. The normalized spacial score (nSPS) is 21.6. The van der Waals surface area contributed by atoms with Gasteiger partial charge < -0.3 is 20.5 Å². The largest absolute Gasteiger partial charge is 0.478 e. The van der Waals surface area contributed by atoms with Gasteiger partial charge in [-0.2, -0.15) is 0 Å². The Morgan fingerprint density at radius 1 is 1.33 bits per heavy atom. The summed E-state index contributed by atoms with van der Waals surface area (Å²) in [5, 5.41) is 14.5. The smallest absolute Gasteiger partial charge is 0.335 e. The van der Waals surface area contributed by atoms with Gasteiger partial charge in [0, 0.05) is 19.2 Å². The lowest BCUT2D eigenvalue weighted by molar-refractivity contribution is 0.0154. The highest BCUT2D eigenvalue weighted by Crippen LogP contribution is 2.12. The van der Waals surface area contributed by atoms with Crippen molar-refractivity contribution in [3.63, 3.8) is 0 Å². The summed E-state index contributed by atoms with van der Waals surface area (Å²) in [6.07, 6.45) is 1.82. The van der Waals surface area contributed by atoms with Crippen molar-refractivity contribution in [2.24, 2.45) is 0 Å². The van der Waals surface area contributed by atoms with E-state index in [4.69, 9.17) is 9.84 Å². The molecule has 0 spiro atoms. The van der Waals surface area contributed by atoms with E-state index in [1.807, 2.05) is 6.92 Å². The molecule has 2 rings (SSSR count). The molecule has 114 valence electrons. The zero-order valence-electron chi connectivity index (χ0n) is 12.0. The molecule has 0 saturated carbocycles. The molecule has 0 radical (unpaired) electrons. The van der Waals surface area contributed by atoms with Crippen LogP contribution in [0.4, 0.5) is 4.79 Å². The molecule has 6 nitrogen and oxygen atoms in total. The molecule has 1 aromatic carbocycles. The highest BCUT2D eigenvalue weighted by molar-refractivity contribution is 5.87. The fraction of sp³-hybridized carbons (Fsp3) is 0.467. The molecule has 1 fully saturated rings. The van der Waals surface area contributed by atoms with Crippen LogP contribution >= 0.6 is 0 Å². The molecule has 1 aliphatic heterocycles. The topological polar surface area (TPSA) is 87.7 Å². The number of carbonyl (C=O) groups excluding carboxylic acids is 1. The Bertz CT molecular complexity index is 501. The maximum absolute atomic E-state index is 11.8. The van der Waals surface area contributed by atoms with Crippen LogP contribution in [0.15, 0.2) is 24.3 Å². The minimum Gasteiger partial charge on any atom is -0.478 e. The van der Waals surface area contributed by atoms with Gasteiger partial charge in [-0.1, -0.05) is 12.1 Å². The molecule has 2 amide bonds. The van der Waals surface area contributed by atoms with E-state index in [1.54, 1.807) is 12.1 Å². The Balaban J connectivity index is 1.76. The zero-order valence-corrected chi connectivity index (χ0v) is 12.0. The number of rotatable bonds is 4. The van der Waals surface area contributed by atoms with Gasteiger partial charge in [0.25, 0.3) is 0 Å². The summed E-state index contributed by atoms with van der Waals surface area (Å²) >= 11 is 0. The molecule has 6 heteroatoms. The van der Waals surface area contributed by atoms with Gasteiger partial charge in [0.15, 0.2) is 0 Å². The lowest BCUT2D eigenvalue weighted by atomic mass is 10.0. The van der Waals surface area contributed by atoms with E-state index >= 15 is 0 Å². The molecule has 2 atom stereocenters. The third-order valence-electron chi connectivity index (χ3n) is 3.47. The fourth-order valence-electron chi connectivity index (χ4n) is 2.31. The van der Waals surface area contributed by atoms with Crippen LogP contribution in [0.2, 0.25) is 0 Å². The molecule has 0 aromatic heterocycles. The summed E-state index contributed by atoms with van der Waals surface area (Å²) in [5.41, 5.74) is 1.09.